The molecule has 150 valence electrons. The highest BCUT2D eigenvalue weighted by molar-refractivity contribution is 9.10. The summed E-state index contributed by atoms with van der Waals surface area (Å²) in [7, 11) is 0. The molecule has 3 nitrogen and oxygen atoms in total. The fourth-order valence-electron chi connectivity index (χ4n) is 4.45. The van der Waals surface area contributed by atoms with Crippen molar-refractivity contribution in [1.82, 2.24) is 9.97 Å². The molecule has 5 heteroatoms. The van der Waals surface area contributed by atoms with Crippen LogP contribution in [-0.4, -0.2) is 15.8 Å². The Kier molecular flexibility index (Phi) is 6.24. The van der Waals surface area contributed by atoms with Crippen molar-refractivity contribution >= 4 is 21.7 Å². The maximum absolute atomic E-state index is 13.2. The number of aromatic amines is 1. The van der Waals surface area contributed by atoms with Gasteiger partial charge >= 0.3 is 0 Å². The van der Waals surface area contributed by atoms with Gasteiger partial charge in [-0.1, -0.05) is 46.3 Å². The fraction of sp³-hybridized carbons (Fsp3) is 0.333. The van der Waals surface area contributed by atoms with Crippen LogP contribution in [0.15, 0.2) is 65.5 Å². The first kappa shape index (κ1) is 20.0. The van der Waals surface area contributed by atoms with Crippen molar-refractivity contribution in [2.24, 2.45) is 5.92 Å². The molecule has 1 aromatic heterocycles. The smallest absolute Gasteiger partial charge is 0.136 e. The second kappa shape index (κ2) is 9.04. The van der Waals surface area contributed by atoms with Gasteiger partial charge in [-0.15, -0.1) is 0 Å². The molecular weight excluding hydrogens is 431 g/mol. The molecule has 0 amide bonds. The monoisotopic (exact) mass is 454 g/mol. The summed E-state index contributed by atoms with van der Waals surface area (Å²) >= 11 is 3.63. The molecular formula is C24H24BrFN2O. The van der Waals surface area contributed by atoms with Gasteiger partial charge in [0, 0.05) is 34.6 Å². The molecule has 3 aromatic rings. The van der Waals surface area contributed by atoms with Crippen LogP contribution in [0.1, 0.15) is 60.8 Å². The molecule has 29 heavy (non-hydrogen) atoms. The Morgan fingerprint density at radius 2 is 1.83 bits per heavy atom. The van der Waals surface area contributed by atoms with Crippen LogP contribution in [0.5, 0.6) is 0 Å². The highest BCUT2D eigenvalue weighted by atomic mass is 79.9. The van der Waals surface area contributed by atoms with Gasteiger partial charge in [0.15, 0.2) is 0 Å². The molecule has 1 aliphatic rings. The minimum Gasteiger partial charge on any atom is -0.348 e. The van der Waals surface area contributed by atoms with Crippen LogP contribution in [0, 0.1) is 11.7 Å². The van der Waals surface area contributed by atoms with Crippen LogP contribution < -0.4 is 0 Å². The first-order valence-electron chi connectivity index (χ1n) is 10.1. The number of hydrogen-bond donors (Lipinski definition) is 1. The van der Waals surface area contributed by atoms with E-state index in [0.29, 0.717) is 18.1 Å². The van der Waals surface area contributed by atoms with E-state index < -0.39 is 0 Å². The lowest BCUT2D eigenvalue weighted by molar-refractivity contribution is -0.124. The van der Waals surface area contributed by atoms with Crippen LogP contribution >= 0.6 is 15.9 Å². The van der Waals surface area contributed by atoms with Crippen molar-refractivity contribution < 1.29 is 9.18 Å². The average Bonchev–Trinajstić information content (AvgIpc) is 3.28. The Labute approximate surface area is 178 Å². The van der Waals surface area contributed by atoms with Crippen LogP contribution in [0.3, 0.4) is 0 Å². The quantitative estimate of drug-likeness (QED) is 0.469. The highest BCUT2D eigenvalue weighted by Gasteiger charge is 2.30. The van der Waals surface area contributed by atoms with Crippen LogP contribution in [0.4, 0.5) is 4.39 Å². The van der Waals surface area contributed by atoms with Crippen LogP contribution in [0.25, 0.3) is 0 Å². The highest BCUT2D eigenvalue weighted by Crippen LogP contribution is 2.39. The van der Waals surface area contributed by atoms with Gasteiger partial charge in [-0.3, -0.25) is 4.79 Å². The van der Waals surface area contributed by atoms with Crippen molar-refractivity contribution in [3.63, 3.8) is 0 Å². The van der Waals surface area contributed by atoms with Gasteiger partial charge in [-0.25, -0.2) is 9.37 Å². The molecule has 1 unspecified atom stereocenters. The molecule has 1 atom stereocenters. The summed E-state index contributed by atoms with van der Waals surface area (Å²) in [5, 5.41) is 0. The third-order valence-electron chi connectivity index (χ3n) is 6.10. The summed E-state index contributed by atoms with van der Waals surface area (Å²) in [4.78, 5) is 20.5. The second-order valence-corrected chi connectivity index (χ2v) is 8.71. The molecule has 1 fully saturated rings. The summed E-state index contributed by atoms with van der Waals surface area (Å²) in [5.41, 5.74) is 3.25. The molecule has 0 saturated heterocycles. The van der Waals surface area contributed by atoms with Gasteiger partial charge in [-0.2, -0.15) is 0 Å². The molecule has 1 N–H and O–H groups in total. The zero-order valence-electron chi connectivity index (χ0n) is 16.2. The van der Waals surface area contributed by atoms with E-state index in [4.69, 9.17) is 0 Å². The molecule has 2 aromatic carbocycles. The van der Waals surface area contributed by atoms with E-state index >= 15 is 0 Å². The minimum atomic E-state index is -0.200. The van der Waals surface area contributed by atoms with Crippen molar-refractivity contribution in [3.05, 3.63) is 88.2 Å². The number of Topliss-reactive ketones (excluding diaryl/α,β-unsaturated/α-hetero) is 1. The third-order valence-corrected chi connectivity index (χ3v) is 6.83. The summed E-state index contributed by atoms with van der Waals surface area (Å²) in [6, 6.07) is 14.9. The van der Waals surface area contributed by atoms with Gasteiger partial charge in [0.2, 0.25) is 0 Å². The summed E-state index contributed by atoms with van der Waals surface area (Å²) < 4.78 is 14.2. The number of carbonyl (C=O) groups is 1. The molecule has 1 heterocycles. The van der Waals surface area contributed by atoms with E-state index in [-0.39, 0.29) is 17.7 Å². The first-order chi connectivity index (χ1) is 14.1. The summed E-state index contributed by atoms with van der Waals surface area (Å²) in [5.74, 6) is 0.605. The predicted molar refractivity (Wildman–Crippen MR) is 115 cm³/mol. The lowest BCUT2D eigenvalue weighted by Crippen LogP contribution is -2.23. The molecule has 0 bridgehead atoms. The number of imidazole rings is 1. The zero-order valence-corrected chi connectivity index (χ0v) is 17.7. The number of H-pyrrole nitrogens is 1. The first-order valence-corrected chi connectivity index (χ1v) is 10.9. The van der Waals surface area contributed by atoms with E-state index in [0.717, 1.165) is 41.4 Å². The maximum atomic E-state index is 13.2. The van der Waals surface area contributed by atoms with Gasteiger partial charge in [0.1, 0.15) is 11.6 Å². The molecule has 1 saturated carbocycles. The molecule has 0 aliphatic heterocycles. The lowest BCUT2D eigenvalue weighted by Gasteiger charge is -2.29. The standard InChI is InChI=1S/C24H24BrFN2O/c25-22-4-2-1-3-20(22)21(23-14-27-15-28-23)13-24(29)18-7-5-16(6-8-18)17-9-11-19(26)12-10-17/h1-4,9-12,14-16,18,21H,5-8,13H2,(H,27,28). The predicted octanol–water partition coefficient (Wildman–Crippen LogP) is 6.38. The van der Waals surface area contributed by atoms with Crippen molar-refractivity contribution in [2.75, 3.05) is 0 Å². The van der Waals surface area contributed by atoms with Gasteiger partial charge in [0.05, 0.1) is 6.33 Å². The Morgan fingerprint density at radius 1 is 1.10 bits per heavy atom. The maximum Gasteiger partial charge on any atom is 0.136 e. The van der Waals surface area contributed by atoms with Crippen molar-refractivity contribution in [1.29, 1.82) is 0 Å². The number of benzene rings is 2. The zero-order chi connectivity index (χ0) is 20.2. The van der Waals surface area contributed by atoms with E-state index in [2.05, 4.69) is 32.0 Å². The fourth-order valence-corrected chi connectivity index (χ4v) is 5.01. The van der Waals surface area contributed by atoms with E-state index in [1.165, 1.54) is 17.7 Å². The number of nitrogens with one attached hydrogen (secondary N) is 1. The van der Waals surface area contributed by atoms with Gasteiger partial charge in [-0.05, 0) is 60.9 Å². The number of hydrogen-bond acceptors (Lipinski definition) is 2. The van der Waals surface area contributed by atoms with Crippen molar-refractivity contribution in [2.45, 2.75) is 43.9 Å². The Morgan fingerprint density at radius 3 is 2.48 bits per heavy atom. The second-order valence-electron chi connectivity index (χ2n) is 7.85. The Balaban J connectivity index is 1.44. The molecule has 4 rings (SSSR count). The number of nitrogens with zero attached hydrogens (tertiary/aromatic N) is 1. The lowest BCUT2D eigenvalue weighted by atomic mass is 9.75. The van der Waals surface area contributed by atoms with Gasteiger partial charge < -0.3 is 4.98 Å². The van der Waals surface area contributed by atoms with Crippen LogP contribution in [0.2, 0.25) is 0 Å². The molecule has 0 spiro atoms. The Hall–Kier alpha value is -2.27. The topological polar surface area (TPSA) is 45.8 Å². The molecule has 1 aliphatic carbocycles. The third kappa shape index (κ3) is 4.67. The van der Waals surface area contributed by atoms with E-state index in [1.54, 1.807) is 6.33 Å². The van der Waals surface area contributed by atoms with Gasteiger partial charge in [0.25, 0.3) is 0 Å². The largest absolute Gasteiger partial charge is 0.348 e. The number of aromatic nitrogens is 2. The molecule has 0 radical (unpaired) electrons. The number of carbonyl (C=O) groups excluding carboxylic acids is 1. The number of rotatable bonds is 6. The summed E-state index contributed by atoms with van der Waals surface area (Å²) in [6.07, 6.45) is 7.69. The number of ketones is 1. The SMILES string of the molecule is O=C(CC(c1cnc[nH]1)c1ccccc1Br)C1CCC(c2ccc(F)cc2)CC1. The number of halogens is 2. The van der Waals surface area contributed by atoms with E-state index in [9.17, 15) is 9.18 Å². The van der Waals surface area contributed by atoms with E-state index in [1.807, 2.05) is 36.5 Å². The van der Waals surface area contributed by atoms with Crippen molar-refractivity contribution in [3.8, 4) is 0 Å². The minimum absolute atomic E-state index is 0.0320. The average molecular weight is 455 g/mol. The normalized spacial score (nSPS) is 20.3. The van der Waals surface area contributed by atoms with Crippen LogP contribution in [-0.2, 0) is 4.79 Å². The Bertz CT molecular complexity index is 947. The summed E-state index contributed by atoms with van der Waals surface area (Å²) in [6.45, 7) is 0.